The maximum Gasteiger partial charge on any atom is 0.115 e. The lowest BCUT2D eigenvalue weighted by molar-refractivity contribution is 0.304. The quantitative estimate of drug-likeness (QED) is 0.778. The summed E-state index contributed by atoms with van der Waals surface area (Å²) >= 11 is 0. The smallest absolute Gasteiger partial charge is 0.115 e. The van der Waals surface area contributed by atoms with Gasteiger partial charge in [-0.05, 0) is 24.8 Å². The maximum absolute atomic E-state index is 6.18. The van der Waals surface area contributed by atoms with Crippen molar-refractivity contribution in [3.8, 4) is 0 Å². The van der Waals surface area contributed by atoms with Crippen LogP contribution >= 0.6 is 0 Å². The van der Waals surface area contributed by atoms with Gasteiger partial charge in [0.25, 0.3) is 0 Å². The van der Waals surface area contributed by atoms with Crippen molar-refractivity contribution in [1.82, 2.24) is 9.97 Å². The number of nitrogens with two attached hydrogens (primary N) is 1. The van der Waals surface area contributed by atoms with Crippen LogP contribution in [0.25, 0.3) is 0 Å². The molecule has 0 amide bonds. The molecule has 0 spiro atoms. The molecule has 0 bridgehead atoms. The molecule has 3 nitrogen and oxygen atoms in total. The molecule has 0 aliphatic heterocycles. The molecule has 0 radical (unpaired) electrons. The van der Waals surface area contributed by atoms with Gasteiger partial charge in [-0.1, -0.05) is 19.3 Å². The van der Waals surface area contributed by atoms with Crippen LogP contribution < -0.4 is 5.73 Å². The normalized spacial score (nSPS) is 20.6. The van der Waals surface area contributed by atoms with E-state index in [0.717, 1.165) is 5.69 Å². The van der Waals surface area contributed by atoms with Gasteiger partial charge in [0.05, 0.1) is 5.69 Å². The molecule has 1 unspecified atom stereocenters. The summed E-state index contributed by atoms with van der Waals surface area (Å²) in [7, 11) is 0. The van der Waals surface area contributed by atoms with Crippen LogP contribution in [-0.2, 0) is 0 Å². The lowest BCUT2D eigenvalue weighted by Gasteiger charge is -2.26. The lowest BCUT2D eigenvalue weighted by Crippen LogP contribution is -2.24. The summed E-state index contributed by atoms with van der Waals surface area (Å²) in [5, 5.41) is 0. The molecule has 2 rings (SSSR count). The third-order valence-electron chi connectivity index (χ3n) is 3.10. The number of aromatic nitrogens is 2. The highest BCUT2D eigenvalue weighted by Gasteiger charge is 2.22. The second kappa shape index (κ2) is 4.51. The second-order valence-corrected chi connectivity index (χ2v) is 4.06. The van der Waals surface area contributed by atoms with Crippen LogP contribution in [0.5, 0.6) is 0 Å². The molecule has 2 N–H and O–H groups in total. The van der Waals surface area contributed by atoms with Crippen molar-refractivity contribution in [2.75, 3.05) is 0 Å². The Morgan fingerprint density at radius 1 is 1.29 bits per heavy atom. The van der Waals surface area contributed by atoms with Gasteiger partial charge in [0, 0.05) is 12.2 Å². The van der Waals surface area contributed by atoms with Gasteiger partial charge in [-0.25, -0.2) is 9.97 Å². The van der Waals surface area contributed by atoms with Crippen LogP contribution in [0.15, 0.2) is 18.6 Å². The number of nitrogens with zero attached hydrogens (tertiary/aromatic N) is 2. The van der Waals surface area contributed by atoms with Gasteiger partial charge in [-0.3, -0.25) is 0 Å². The summed E-state index contributed by atoms with van der Waals surface area (Å²) in [6.45, 7) is 0. The molecule has 1 aliphatic rings. The van der Waals surface area contributed by atoms with Crippen LogP contribution in [0.1, 0.15) is 43.8 Å². The van der Waals surface area contributed by atoms with Crippen LogP contribution in [0.3, 0.4) is 0 Å². The van der Waals surface area contributed by atoms with E-state index in [-0.39, 0.29) is 6.04 Å². The van der Waals surface area contributed by atoms with Crippen molar-refractivity contribution in [2.45, 2.75) is 38.1 Å². The van der Waals surface area contributed by atoms with Crippen molar-refractivity contribution >= 4 is 0 Å². The fourth-order valence-corrected chi connectivity index (χ4v) is 2.23. The number of hydrogen-bond donors (Lipinski definition) is 1. The summed E-state index contributed by atoms with van der Waals surface area (Å²) in [6, 6.07) is 2.04. The Bertz CT molecular complexity index is 267. The predicted octanol–water partition coefficient (Wildman–Crippen LogP) is 2.06. The summed E-state index contributed by atoms with van der Waals surface area (Å²) < 4.78 is 0. The molecule has 76 valence electrons. The van der Waals surface area contributed by atoms with Crippen molar-refractivity contribution in [1.29, 1.82) is 0 Å². The maximum atomic E-state index is 6.18. The molecular formula is C11H17N3. The van der Waals surface area contributed by atoms with Gasteiger partial charge in [0.15, 0.2) is 0 Å². The first-order valence-corrected chi connectivity index (χ1v) is 5.39. The first-order chi connectivity index (χ1) is 6.88. The zero-order valence-electron chi connectivity index (χ0n) is 8.39. The minimum atomic E-state index is 0.110. The summed E-state index contributed by atoms with van der Waals surface area (Å²) in [5.74, 6) is 0.624. The first kappa shape index (κ1) is 9.59. The average Bonchev–Trinajstić information content (AvgIpc) is 2.30. The standard InChI is InChI=1S/C11H17N3/c12-11(9-4-2-1-3-5-9)10-6-7-13-8-14-10/h6-9,11H,1-5,12H2. The summed E-state index contributed by atoms with van der Waals surface area (Å²) in [4.78, 5) is 8.12. The van der Waals surface area contributed by atoms with Gasteiger partial charge in [-0.2, -0.15) is 0 Å². The molecule has 3 heteroatoms. The van der Waals surface area contributed by atoms with E-state index < -0.39 is 0 Å². The van der Waals surface area contributed by atoms with E-state index >= 15 is 0 Å². The molecular weight excluding hydrogens is 174 g/mol. The van der Waals surface area contributed by atoms with Crippen molar-refractivity contribution < 1.29 is 0 Å². The van der Waals surface area contributed by atoms with Gasteiger partial charge in [0.1, 0.15) is 6.33 Å². The Kier molecular flexibility index (Phi) is 3.09. The van der Waals surface area contributed by atoms with Crippen LogP contribution in [0.4, 0.5) is 0 Å². The molecule has 1 heterocycles. The van der Waals surface area contributed by atoms with Gasteiger partial charge < -0.3 is 5.73 Å². The Labute approximate surface area is 84.8 Å². The molecule has 1 fully saturated rings. The van der Waals surface area contributed by atoms with E-state index in [1.807, 2.05) is 6.07 Å². The van der Waals surface area contributed by atoms with E-state index in [4.69, 9.17) is 5.73 Å². The monoisotopic (exact) mass is 191 g/mol. The zero-order valence-corrected chi connectivity index (χ0v) is 8.39. The minimum Gasteiger partial charge on any atom is -0.322 e. The van der Waals surface area contributed by atoms with E-state index in [1.165, 1.54) is 32.1 Å². The predicted molar refractivity (Wildman–Crippen MR) is 55.5 cm³/mol. The molecule has 1 aromatic heterocycles. The summed E-state index contributed by atoms with van der Waals surface area (Å²) in [5.41, 5.74) is 7.17. The average molecular weight is 191 g/mol. The second-order valence-electron chi connectivity index (χ2n) is 4.06. The topological polar surface area (TPSA) is 51.8 Å². The molecule has 1 aliphatic carbocycles. The van der Waals surface area contributed by atoms with E-state index in [1.54, 1.807) is 12.5 Å². The Morgan fingerprint density at radius 3 is 2.71 bits per heavy atom. The number of rotatable bonds is 2. The SMILES string of the molecule is NC(c1ccncn1)C1CCCCC1. The van der Waals surface area contributed by atoms with Crippen LogP contribution in [0.2, 0.25) is 0 Å². The van der Waals surface area contributed by atoms with E-state index in [9.17, 15) is 0 Å². The highest BCUT2D eigenvalue weighted by molar-refractivity contribution is 5.05. The van der Waals surface area contributed by atoms with Crippen molar-refractivity contribution in [2.24, 2.45) is 11.7 Å². The molecule has 1 aromatic rings. The van der Waals surface area contributed by atoms with Crippen LogP contribution in [-0.4, -0.2) is 9.97 Å². The number of hydrogen-bond acceptors (Lipinski definition) is 3. The Balaban J connectivity index is 2.03. The molecule has 1 saturated carbocycles. The fourth-order valence-electron chi connectivity index (χ4n) is 2.23. The summed E-state index contributed by atoms with van der Waals surface area (Å²) in [6.07, 6.45) is 9.87. The van der Waals surface area contributed by atoms with Gasteiger partial charge in [-0.15, -0.1) is 0 Å². The van der Waals surface area contributed by atoms with Gasteiger partial charge >= 0.3 is 0 Å². The van der Waals surface area contributed by atoms with E-state index in [0.29, 0.717) is 5.92 Å². The largest absolute Gasteiger partial charge is 0.322 e. The van der Waals surface area contributed by atoms with Crippen molar-refractivity contribution in [3.63, 3.8) is 0 Å². The van der Waals surface area contributed by atoms with Crippen LogP contribution in [0, 0.1) is 5.92 Å². The Hall–Kier alpha value is -0.960. The van der Waals surface area contributed by atoms with Crippen molar-refractivity contribution in [3.05, 3.63) is 24.3 Å². The fraction of sp³-hybridized carbons (Fsp3) is 0.636. The highest BCUT2D eigenvalue weighted by Crippen LogP contribution is 2.31. The highest BCUT2D eigenvalue weighted by atomic mass is 14.9. The minimum absolute atomic E-state index is 0.110. The zero-order chi connectivity index (χ0) is 9.80. The third-order valence-corrected chi connectivity index (χ3v) is 3.10. The lowest BCUT2D eigenvalue weighted by atomic mass is 9.83. The van der Waals surface area contributed by atoms with Gasteiger partial charge in [0.2, 0.25) is 0 Å². The third kappa shape index (κ3) is 2.10. The molecule has 0 aromatic carbocycles. The first-order valence-electron chi connectivity index (χ1n) is 5.39. The molecule has 0 saturated heterocycles. The molecule has 1 atom stereocenters. The molecule has 14 heavy (non-hydrogen) atoms. The Morgan fingerprint density at radius 2 is 2.07 bits per heavy atom. The van der Waals surface area contributed by atoms with E-state index in [2.05, 4.69) is 9.97 Å².